The molecule has 6 unspecified atom stereocenters. The Morgan fingerprint density at radius 1 is 0.951 bits per heavy atom. The van der Waals surface area contributed by atoms with E-state index in [4.69, 9.17) is 28.9 Å². The van der Waals surface area contributed by atoms with Crippen molar-refractivity contribution in [1.29, 1.82) is 0 Å². The third-order valence-corrected chi connectivity index (χ3v) is 13.2. The molecule has 1 heterocycles. The first-order chi connectivity index (χ1) is 29.9. The number of aliphatic hydroxyl groups is 3. The van der Waals surface area contributed by atoms with Crippen LogP contribution in [0.5, 0.6) is 17.2 Å². The predicted octanol–water partition coefficient (Wildman–Crippen LogP) is 8.28. The number of amides is 1. The Hall–Kier alpha value is -4.17. The molecule has 0 saturated heterocycles. The number of ether oxygens (including phenoxy) is 4. The van der Waals surface area contributed by atoms with Crippen molar-refractivity contribution in [2.24, 2.45) is 28.8 Å². The highest BCUT2D eigenvalue weighted by molar-refractivity contribution is 7.98. The van der Waals surface area contributed by atoms with Crippen molar-refractivity contribution in [2.45, 2.75) is 87.0 Å². The molecule has 2 fully saturated rings. The van der Waals surface area contributed by atoms with E-state index in [2.05, 4.69) is 18.7 Å². The third kappa shape index (κ3) is 10.6. The van der Waals surface area contributed by atoms with Crippen LogP contribution in [-0.4, -0.2) is 96.1 Å². The van der Waals surface area contributed by atoms with Gasteiger partial charge in [-0.15, -0.1) is 18.3 Å². The lowest BCUT2D eigenvalue weighted by atomic mass is 9.55. The van der Waals surface area contributed by atoms with E-state index in [-0.39, 0.29) is 82.4 Å². The lowest BCUT2D eigenvalue weighted by Gasteiger charge is -2.60. The molecule has 328 valence electrons. The summed E-state index contributed by atoms with van der Waals surface area (Å²) in [4.78, 5) is 23.9. The van der Waals surface area contributed by atoms with E-state index in [1.54, 1.807) is 17.8 Å². The molecule has 6 atom stereocenters. The Balaban J connectivity index is 1.41. The third-order valence-electron chi connectivity index (χ3n) is 12.5. The average molecular weight is 855 g/mol. The first-order valence-corrected chi connectivity index (χ1v) is 23.2. The van der Waals surface area contributed by atoms with E-state index in [9.17, 15) is 20.1 Å². The fourth-order valence-electron chi connectivity index (χ4n) is 9.56. The quantitative estimate of drug-likeness (QED) is 0.0349. The summed E-state index contributed by atoms with van der Waals surface area (Å²) in [5.74, 6) is 0.188. The van der Waals surface area contributed by atoms with Crippen molar-refractivity contribution in [3.05, 3.63) is 108 Å². The number of unbranched alkanes of at least 4 members (excludes halogenated alkanes) is 2. The van der Waals surface area contributed by atoms with Gasteiger partial charge in [0.05, 0.1) is 38.1 Å². The maximum atomic E-state index is 14.6. The van der Waals surface area contributed by atoms with Crippen LogP contribution in [0, 0.1) is 23.7 Å². The van der Waals surface area contributed by atoms with Crippen molar-refractivity contribution in [2.75, 3.05) is 52.4 Å². The van der Waals surface area contributed by atoms with Gasteiger partial charge in [0, 0.05) is 48.5 Å². The maximum Gasteiger partial charge on any atom is 0.239 e. The SMILES string of the molecule is C=CCOC12Oc3ccc(Oc4ccc(SC)cc4)cc3C3C(CCCCO)C(CCCCO)C=C(C(=NOCc4ccccc4)CC1N(CCOCCO)C(=O)C1CC1)C32. The predicted molar refractivity (Wildman–Crippen MR) is 237 cm³/mol. The number of nitrogens with zero attached hydrogens (tertiary/aromatic N) is 2. The van der Waals surface area contributed by atoms with Crippen LogP contribution in [0.15, 0.2) is 107 Å². The van der Waals surface area contributed by atoms with Gasteiger partial charge in [-0.25, -0.2) is 0 Å². The van der Waals surface area contributed by atoms with E-state index in [0.717, 1.165) is 71.6 Å². The fraction of sp³-hybridized carbons (Fsp3) is 0.510. The summed E-state index contributed by atoms with van der Waals surface area (Å²) in [6.07, 6.45) is 12.8. The molecule has 4 aliphatic rings. The number of allylic oxidation sites excluding steroid dienone is 1. The van der Waals surface area contributed by atoms with Crippen molar-refractivity contribution in [3.8, 4) is 17.2 Å². The number of hydrogen-bond acceptors (Lipinski definition) is 11. The minimum atomic E-state index is -1.36. The number of aliphatic hydroxyl groups excluding tert-OH is 3. The molecule has 7 rings (SSSR count). The minimum Gasteiger partial charge on any atom is -0.459 e. The summed E-state index contributed by atoms with van der Waals surface area (Å²) >= 11 is 1.68. The van der Waals surface area contributed by atoms with Gasteiger partial charge in [-0.3, -0.25) is 4.79 Å². The number of carbonyl (C=O) groups excluding carboxylic acids is 1. The zero-order chi connectivity index (χ0) is 42.6. The largest absolute Gasteiger partial charge is 0.459 e. The normalized spacial score (nSPS) is 24.6. The first kappa shape index (κ1) is 44.9. The second-order valence-electron chi connectivity index (χ2n) is 16.5. The Morgan fingerprint density at radius 2 is 1.70 bits per heavy atom. The molecule has 0 bridgehead atoms. The molecule has 3 aromatic carbocycles. The Kier molecular flexibility index (Phi) is 16.0. The van der Waals surface area contributed by atoms with Gasteiger partial charge in [-0.05, 0) is 110 Å². The van der Waals surface area contributed by atoms with Crippen molar-refractivity contribution >= 4 is 23.4 Å². The lowest BCUT2D eigenvalue weighted by Crippen LogP contribution is -2.70. The van der Waals surface area contributed by atoms with Gasteiger partial charge in [0.2, 0.25) is 11.7 Å². The van der Waals surface area contributed by atoms with E-state index < -0.39 is 17.7 Å². The monoisotopic (exact) mass is 854 g/mol. The van der Waals surface area contributed by atoms with Crippen LogP contribution in [0.1, 0.15) is 74.8 Å². The second kappa shape index (κ2) is 21.8. The Labute approximate surface area is 364 Å². The van der Waals surface area contributed by atoms with Gasteiger partial charge in [0.25, 0.3) is 0 Å². The van der Waals surface area contributed by atoms with Crippen LogP contribution in [0.2, 0.25) is 0 Å². The molecule has 11 nitrogen and oxygen atoms in total. The highest BCUT2D eigenvalue weighted by atomic mass is 32.2. The molecule has 0 spiro atoms. The van der Waals surface area contributed by atoms with Gasteiger partial charge < -0.3 is 44.0 Å². The van der Waals surface area contributed by atoms with Gasteiger partial charge in [0.15, 0.2) is 0 Å². The van der Waals surface area contributed by atoms with Crippen LogP contribution in [0.4, 0.5) is 0 Å². The molecule has 1 amide bonds. The summed E-state index contributed by atoms with van der Waals surface area (Å²) in [5.41, 5.74) is 3.70. The molecule has 61 heavy (non-hydrogen) atoms. The summed E-state index contributed by atoms with van der Waals surface area (Å²) in [6.45, 7) is 5.26. The number of rotatable bonds is 24. The van der Waals surface area contributed by atoms with Crippen LogP contribution >= 0.6 is 11.8 Å². The molecule has 3 aromatic rings. The minimum absolute atomic E-state index is 0.0236. The molecular formula is C49H62N2O9S. The van der Waals surface area contributed by atoms with Crippen molar-refractivity contribution < 1.29 is 43.9 Å². The van der Waals surface area contributed by atoms with Crippen molar-refractivity contribution in [3.63, 3.8) is 0 Å². The number of thioether (sulfide) groups is 1. The Morgan fingerprint density at radius 3 is 2.41 bits per heavy atom. The summed E-state index contributed by atoms with van der Waals surface area (Å²) in [7, 11) is 0. The molecule has 3 aliphatic carbocycles. The molecule has 1 aliphatic heterocycles. The van der Waals surface area contributed by atoms with Gasteiger partial charge >= 0.3 is 0 Å². The highest BCUT2D eigenvalue weighted by Gasteiger charge is 2.66. The number of benzene rings is 3. The molecular weight excluding hydrogens is 793 g/mol. The van der Waals surface area contributed by atoms with Crippen molar-refractivity contribution in [1.82, 2.24) is 4.90 Å². The molecule has 3 N–H and O–H groups in total. The highest BCUT2D eigenvalue weighted by Crippen LogP contribution is 2.62. The summed E-state index contributed by atoms with van der Waals surface area (Å²) in [6, 6.07) is 23.4. The lowest BCUT2D eigenvalue weighted by molar-refractivity contribution is -0.258. The number of fused-ring (bicyclic) bond motifs is 2. The van der Waals surface area contributed by atoms with E-state index >= 15 is 0 Å². The molecule has 12 heteroatoms. The molecule has 0 aromatic heterocycles. The molecule has 0 radical (unpaired) electrons. The van der Waals surface area contributed by atoms with Gasteiger partial charge in [0.1, 0.15) is 29.9 Å². The zero-order valence-corrected chi connectivity index (χ0v) is 36.2. The topological polar surface area (TPSA) is 140 Å². The number of carbonyl (C=O) groups is 1. The van der Waals surface area contributed by atoms with Crippen LogP contribution < -0.4 is 9.47 Å². The van der Waals surface area contributed by atoms with E-state index in [1.165, 1.54) is 0 Å². The second-order valence-corrected chi connectivity index (χ2v) is 17.3. The van der Waals surface area contributed by atoms with Crippen LogP contribution in [0.3, 0.4) is 0 Å². The van der Waals surface area contributed by atoms with Gasteiger partial charge in [-0.2, -0.15) is 0 Å². The van der Waals surface area contributed by atoms with Crippen LogP contribution in [-0.2, 0) is 25.7 Å². The first-order valence-electron chi connectivity index (χ1n) is 22.0. The fourth-order valence-corrected chi connectivity index (χ4v) is 9.97. The zero-order valence-electron chi connectivity index (χ0n) is 35.4. The molecule has 2 saturated carbocycles. The van der Waals surface area contributed by atoms with E-state index in [1.807, 2.05) is 77.9 Å². The number of oxime groups is 1. The maximum absolute atomic E-state index is 14.6. The van der Waals surface area contributed by atoms with Gasteiger partial charge in [-0.1, -0.05) is 60.5 Å². The standard InChI is InChI=1S/C49H62N2O9S/c1-3-27-57-49-45(51(23-28-56-29-26-54)48(55)35-15-16-35)32-43(50-58-33-34-11-5-4-6-12-34)41-30-36(13-7-9-24-52)40(14-8-10-25-53)46(47(41)49)42-31-38(19-22-44(42)60-49)59-37-17-20-39(61-2)21-18-37/h3-6,11-12,17-22,30-31,35-36,40,45-47,52-54H,1,7-10,13-16,23-29,32-33H2,2H3. The van der Waals surface area contributed by atoms with E-state index in [0.29, 0.717) is 30.8 Å². The average Bonchev–Trinajstić information content (AvgIpc) is 4.14. The summed E-state index contributed by atoms with van der Waals surface area (Å²) in [5, 5.41) is 34.4. The smallest absolute Gasteiger partial charge is 0.239 e. The Bertz CT molecular complexity index is 1950. The van der Waals surface area contributed by atoms with Crippen LogP contribution in [0.25, 0.3) is 0 Å². The number of hydrogen-bond donors (Lipinski definition) is 3. The summed E-state index contributed by atoms with van der Waals surface area (Å²) < 4.78 is 26.9.